The molecule has 1 aromatic heterocycles. The Morgan fingerprint density at radius 2 is 1.95 bits per heavy atom. The van der Waals surface area contributed by atoms with Gasteiger partial charge < -0.3 is 15.5 Å². The molecule has 0 fully saturated rings. The van der Waals surface area contributed by atoms with Gasteiger partial charge in [-0.2, -0.15) is 0 Å². The number of rotatable bonds is 5. The molecule has 2 rings (SSSR count). The lowest BCUT2D eigenvalue weighted by Gasteiger charge is -2.06. The highest BCUT2D eigenvalue weighted by Crippen LogP contribution is 2.23. The third-order valence-corrected chi connectivity index (χ3v) is 2.98. The molecule has 0 radical (unpaired) electrons. The Morgan fingerprint density at radius 1 is 1.32 bits per heavy atom. The fourth-order valence-electron chi connectivity index (χ4n) is 1.81. The van der Waals surface area contributed by atoms with Gasteiger partial charge in [0.25, 0.3) is 5.91 Å². The van der Waals surface area contributed by atoms with Crippen LogP contribution in [0.3, 0.4) is 0 Å². The number of hydrogen-bond acceptors (Lipinski definition) is 4. The van der Waals surface area contributed by atoms with Crippen molar-refractivity contribution >= 4 is 30.7 Å². The van der Waals surface area contributed by atoms with Crippen molar-refractivity contribution in [3.63, 3.8) is 0 Å². The average molecular weight is 346 g/mol. The van der Waals surface area contributed by atoms with Gasteiger partial charge in [-0.15, -0.1) is 24.8 Å². The van der Waals surface area contributed by atoms with Crippen LogP contribution in [0.25, 0.3) is 11.3 Å². The van der Waals surface area contributed by atoms with Gasteiger partial charge in [0.2, 0.25) is 0 Å². The molecule has 0 saturated carbocycles. The van der Waals surface area contributed by atoms with Crippen molar-refractivity contribution in [3.05, 3.63) is 41.9 Å². The zero-order chi connectivity index (χ0) is 14.5. The summed E-state index contributed by atoms with van der Waals surface area (Å²) < 4.78 is 5.34. The molecule has 1 aromatic carbocycles. The number of nitrogens with zero attached hydrogens (tertiary/aromatic N) is 1. The van der Waals surface area contributed by atoms with Gasteiger partial charge in [0.15, 0.2) is 17.8 Å². The number of aromatic nitrogens is 1. The summed E-state index contributed by atoms with van der Waals surface area (Å²) in [5, 5.41) is 2.80. The summed E-state index contributed by atoms with van der Waals surface area (Å²) in [5.74, 6) is 0.248. The largest absolute Gasteiger partial charge is 0.443 e. The van der Waals surface area contributed by atoms with Crippen molar-refractivity contribution in [3.8, 4) is 11.3 Å². The molecule has 7 heteroatoms. The third kappa shape index (κ3) is 5.33. The lowest BCUT2D eigenvalue weighted by molar-refractivity contribution is 0.0948. The maximum atomic E-state index is 12.1. The van der Waals surface area contributed by atoms with Gasteiger partial charge in [-0.05, 0) is 20.3 Å². The zero-order valence-electron chi connectivity index (χ0n) is 12.5. The molecule has 0 aliphatic heterocycles. The Hall–Kier alpha value is -1.56. The molecule has 2 aromatic rings. The molecule has 22 heavy (non-hydrogen) atoms. The highest BCUT2D eigenvalue weighted by Gasteiger charge is 2.17. The molecule has 1 amide bonds. The van der Waals surface area contributed by atoms with Gasteiger partial charge in [-0.3, -0.25) is 4.79 Å². The molecule has 1 heterocycles. The Morgan fingerprint density at radius 3 is 2.55 bits per heavy atom. The van der Waals surface area contributed by atoms with E-state index in [0.717, 1.165) is 17.5 Å². The summed E-state index contributed by atoms with van der Waals surface area (Å²) in [4.78, 5) is 16.1. The summed E-state index contributed by atoms with van der Waals surface area (Å²) in [6.07, 6.45) is 2.01. The third-order valence-electron chi connectivity index (χ3n) is 2.98. The average Bonchev–Trinajstić information content (AvgIpc) is 2.88. The summed E-state index contributed by atoms with van der Waals surface area (Å²) in [6.45, 7) is 4.43. The fraction of sp³-hybridized carbons (Fsp3) is 0.333. The second-order valence-corrected chi connectivity index (χ2v) is 4.92. The minimum atomic E-state index is -0.241. The van der Waals surface area contributed by atoms with Crippen molar-refractivity contribution in [2.75, 3.05) is 6.54 Å². The van der Waals surface area contributed by atoms with Crippen molar-refractivity contribution in [1.82, 2.24) is 10.3 Å². The molecule has 0 spiro atoms. The van der Waals surface area contributed by atoms with Gasteiger partial charge in [0, 0.05) is 18.2 Å². The number of aryl methyl sites for hydroxylation is 1. The predicted molar refractivity (Wildman–Crippen MR) is 91.8 cm³/mol. The van der Waals surface area contributed by atoms with E-state index < -0.39 is 0 Å². The Labute approximate surface area is 142 Å². The molecule has 3 N–H and O–H groups in total. The molecule has 0 aliphatic rings. The summed E-state index contributed by atoms with van der Waals surface area (Å²) in [5.41, 5.74) is 7.94. The SMILES string of the molecule is Cc1ccc(-c2ocnc2C(=O)NCCC(C)N)cc1.Cl.Cl. The zero-order valence-corrected chi connectivity index (χ0v) is 14.2. The monoisotopic (exact) mass is 345 g/mol. The number of halogens is 2. The number of amides is 1. The number of oxazole rings is 1. The molecular formula is C15H21Cl2N3O2. The van der Waals surface area contributed by atoms with Crippen LogP contribution in [0, 0.1) is 6.92 Å². The molecule has 0 aliphatic carbocycles. The van der Waals surface area contributed by atoms with Crippen LogP contribution in [0.15, 0.2) is 35.1 Å². The topological polar surface area (TPSA) is 81.2 Å². The highest BCUT2D eigenvalue weighted by molar-refractivity contribution is 5.97. The van der Waals surface area contributed by atoms with E-state index in [1.54, 1.807) is 0 Å². The van der Waals surface area contributed by atoms with Crippen LogP contribution in [-0.4, -0.2) is 23.5 Å². The minimum absolute atomic E-state index is 0. The van der Waals surface area contributed by atoms with E-state index in [-0.39, 0.29) is 36.8 Å². The van der Waals surface area contributed by atoms with E-state index in [1.165, 1.54) is 6.39 Å². The fourth-order valence-corrected chi connectivity index (χ4v) is 1.81. The van der Waals surface area contributed by atoms with Crippen LogP contribution < -0.4 is 11.1 Å². The van der Waals surface area contributed by atoms with E-state index in [2.05, 4.69) is 10.3 Å². The smallest absolute Gasteiger partial charge is 0.273 e. The van der Waals surface area contributed by atoms with Gasteiger partial charge in [-0.25, -0.2) is 4.98 Å². The lowest BCUT2D eigenvalue weighted by atomic mass is 10.1. The molecule has 0 saturated heterocycles. The van der Waals surface area contributed by atoms with Crippen molar-refractivity contribution < 1.29 is 9.21 Å². The summed E-state index contributed by atoms with van der Waals surface area (Å²) >= 11 is 0. The van der Waals surface area contributed by atoms with Crippen LogP contribution in [0.4, 0.5) is 0 Å². The summed E-state index contributed by atoms with van der Waals surface area (Å²) in [7, 11) is 0. The number of nitrogens with two attached hydrogens (primary N) is 1. The molecule has 5 nitrogen and oxygen atoms in total. The number of carbonyl (C=O) groups excluding carboxylic acids is 1. The molecule has 1 unspecified atom stereocenters. The first-order valence-electron chi connectivity index (χ1n) is 6.62. The van der Waals surface area contributed by atoms with Gasteiger partial charge in [0.1, 0.15) is 0 Å². The normalized spacial score (nSPS) is 11.0. The van der Waals surface area contributed by atoms with Crippen LogP contribution in [0.1, 0.15) is 29.4 Å². The standard InChI is InChI=1S/C15H19N3O2.2ClH/c1-10-3-5-12(6-4-10)14-13(18-9-20-14)15(19)17-8-7-11(2)16;;/h3-6,9,11H,7-8,16H2,1-2H3,(H,17,19);2*1H. The van der Waals surface area contributed by atoms with E-state index >= 15 is 0 Å². The number of nitrogens with one attached hydrogen (secondary N) is 1. The Balaban J connectivity index is 0.00000220. The number of benzene rings is 1. The van der Waals surface area contributed by atoms with Crippen LogP contribution in [0.5, 0.6) is 0 Å². The van der Waals surface area contributed by atoms with E-state index in [4.69, 9.17) is 10.2 Å². The second-order valence-electron chi connectivity index (χ2n) is 4.92. The van der Waals surface area contributed by atoms with E-state index in [1.807, 2.05) is 38.1 Å². The molecule has 0 bridgehead atoms. The molecule has 1 atom stereocenters. The Bertz CT molecular complexity index is 583. The minimum Gasteiger partial charge on any atom is -0.443 e. The maximum absolute atomic E-state index is 12.1. The highest BCUT2D eigenvalue weighted by atomic mass is 35.5. The van der Waals surface area contributed by atoms with Crippen LogP contribution >= 0.6 is 24.8 Å². The first-order chi connectivity index (χ1) is 9.58. The number of hydrogen-bond donors (Lipinski definition) is 2. The van der Waals surface area contributed by atoms with Crippen molar-refractivity contribution in [2.24, 2.45) is 5.73 Å². The van der Waals surface area contributed by atoms with E-state index in [9.17, 15) is 4.79 Å². The van der Waals surface area contributed by atoms with Gasteiger partial charge in [0.05, 0.1) is 0 Å². The first kappa shape index (κ1) is 20.4. The quantitative estimate of drug-likeness (QED) is 0.872. The lowest BCUT2D eigenvalue weighted by Crippen LogP contribution is -2.29. The first-order valence-corrected chi connectivity index (χ1v) is 6.62. The summed E-state index contributed by atoms with van der Waals surface area (Å²) in [6, 6.07) is 7.82. The number of carbonyl (C=O) groups is 1. The second kappa shape index (κ2) is 9.46. The van der Waals surface area contributed by atoms with Crippen molar-refractivity contribution in [2.45, 2.75) is 26.3 Å². The molecular weight excluding hydrogens is 325 g/mol. The van der Waals surface area contributed by atoms with Crippen LogP contribution in [-0.2, 0) is 0 Å². The predicted octanol–water partition coefficient (Wildman–Crippen LogP) is 2.96. The van der Waals surface area contributed by atoms with Gasteiger partial charge >= 0.3 is 0 Å². The van der Waals surface area contributed by atoms with Crippen molar-refractivity contribution in [1.29, 1.82) is 0 Å². The van der Waals surface area contributed by atoms with Crippen LogP contribution in [0.2, 0.25) is 0 Å². The Kier molecular flexibility index (Phi) is 8.79. The maximum Gasteiger partial charge on any atom is 0.273 e. The molecule has 122 valence electrons. The van der Waals surface area contributed by atoms with Gasteiger partial charge in [-0.1, -0.05) is 29.8 Å². The van der Waals surface area contributed by atoms with E-state index in [0.29, 0.717) is 18.0 Å².